The first-order valence-corrected chi connectivity index (χ1v) is 26.5. The molecule has 0 aromatic heterocycles. The molecule has 2 radical (unpaired) electrons. The van der Waals surface area contributed by atoms with Gasteiger partial charge in [-0.05, 0) is 20.3 Å². The van der Waals surface area contributed by atoms with Crippen LogP contribution in [0, 0.1) is 88.1 Å². The summed E-state index contributed by atoms with van der Waals surface area (Å²) in [5.41, 5.74) is 18.3. The minimum atomic E-state index is -2.19. The van der Waals surface area contributed by atoms with Crippen molar-refractivity contribution in [1.82, 2.24) is 0 Å². The summed E-state index contributed by atoms with van der Waals surface area (Å²) in [4.78, 5) is 0. The van der Waals surface area contributed by atoms with E-state index in [1.807, 2.05) is 0 Å². The van der Waals surface area contributed by atoms with E-state index in [4.69, 9.17) is 72.0 Å². The predicted molar refractivity (Wildman–Crippen MR) is 257 cm³/mol. The number of rotatable bonds is 22. The predicted octanol–water partition coefficient (Wildman–Crippen LogP) is -10.5. The molecule has 35 atom stereocenters. The Labute approximate surface area is 546 Å². The number of aliphatic hydroxyl groups is 18. The smallest absolute Gasteiger partial charge is 0.187 e. The first kappa shape index (κ1) is 75.0. The monoisotopic (exact) mass is 1640 g/mol. The van der Waals surface area contributed by atoms with Crippen LogP contribution in [0.5, 0.6) is 0 Å². The van der Waals surface area contributed by atoms with E-state index < -0.39 is 254 Å². The van der Waals surface area contributed by atoms with E-state index in [1.165, 1.54) is 19.9 Å². The Hall–Kier alpha value is 1.26. The van der Waals surface area contributed by atoms with Gasteiger partial charge in [0.05, 0.1) is 70.2 Å². The van der Waals surface area contributed by atoms with Crippen molar-refractivity contribution >= 4 is 0 Å². The summed E-state index contributed by atoms with van der Waals surface area (Å²) in [6.45, 7) is 0.926. The van der Waals surface area contributed by atoms with Gasteiger partial charge in [-0.25, -0.2) is 0 Å². The van der Waals surface area contributed by atoms with E-state index in [2.05, 4.69) is 6.58 Å². The summed E-state index contributed by atoms with van der Waals surface area (Å²) in [6.07, 6.45) is -56.2. The van der Waals surface area contributed by atoms with Gasteiger partial charge >= 0.3 is 0 Å². The van der Waals surface area contributed by atoms with Gasteiger partial charge in [-0.2, -0.15) is 0 Å². The Balaban J connectivity index is 0.00000631. The van der Waals surface area contributed by atoms with Crippen molar-refractivity contribution in [2.45, 2.75) is 235 Å². The molecule has 0 aromatic rings. The van der Waals surface area contributed by atoms with Crippen molar-refractivity contribution in [1.29, 1.82) is 0 Å². The maximum absolute atomic E-state index is 11.9. The van der Waals surface area contributed by atoms with Crippen LogP contribution in [-0.2, 0) is 66.3 Å². The molecule has 7 aliphatic rings. The van der Waals surface area contributed by atoms with E-state index in [0.717, 1.165) is 0 Å². The molecule has 7 saturated heterocycles. The zero-order valence-corrected chi connectivity index (χ0v) is 54.6. The Morgan fingerprint density at radius 2 is 0.759 bits per heavy atom. The van der Waals surface area contributed by atoms with Gasteiger partial charge in [0.2, 0.25) is 0 Å². The summed E-state index contributed by atoms with van der Waals surface area (Å²) in [5.74, 6) is 0. The average Bonchev–Trinajstić information content (AvgIpc) is 3.45. The molecule has 0 aromatic carbocycles. The van der Waals surface area contributed by atoms with E-state index in [9.17, 15) is 97.7 Å². The second kappa shape index (κ2) is 33.7. The van der Waals surface area contributed by atoms with Crippen molar-refractivity contribution in [3.63, 3.8) is 0 Å². The minimum Gasteiger partial charge on any atom is -0.668 e. The zero-order chi connectivity index (χ0) is 59.5. The van der Waals surface area contributed by atoms with Crippen LogP contribution in [0.3, 0.4) is 0 Å². The Bertz CT molecular complexity index is 1930. The van der Waals surface area contributed by atoms with Gasteiger partial charge in [-0.15, -0.1) is 6.58 Å². The van der Waals surface area contributed by atoms with Crippen molar-refractivity contribution in [2.75, 3.05) is 46.2 Å². The number of nitrogens with one attached hydrogen (secondary N) is 2. The molecule has 20 N–H and O–H groups in total. The fraction of sp³-hybridized carbons (Fsp3) is 0.957. The van der Waals surface area contributed by atoms with Crippen molar-refractivity contribution in [3.05, 3.63) is 24.1 Å². The second-order valence-electron chi connectivity index (χ2n) is 20.9. The van der Waals surface area contributed by atoms with Crippen LogP contribution in [0.25, 0.3) is 11.5 Å². The summed E-state index contributed by atoms with van der Waals surface area (Å²) >= 11 is 0. The van der Waals surface area contributed by atoms with Crippen LogP contribution < -0.4 is 0 Å². The molecule has 7 aliphatic heterocycles. The van der Waals surface area contributed by atoms with Gasteiger partial charge in [-0.1, -0.05) is 18.2 Å². The fourth-order valence-corrected chi connectivity index (χ4v) is 10.6. The van der Waals surface area contributed by atoms with Crippen LogP contribution in [0.4, 0.5) is 0 Å². The van der Waals surface area contributed by atoms with E-state index in [0.29, 0.717) is 0 Å². The summed E-state index contributed by atoms with van der Waals surface area (Å²) in [7, 11) is 0. The summed E-state index contributed by atoms with van der Waals surface area (Å²) < 4.78 is 81.4. The molecule has 7 heterocycles. The van der Waals surface area contributed by atoms with Crippen LogP contribution in [0.1, 0.15) is 20.3 Å². The number of ether oxygens (including phenoxy) is 14. The normalized spacial score (nSPS) is 50.7. The van der Waals surface area contributed by atoms with Crippen LogP contribution in [0.15, 0.2) is 12.7 Å². The van der Waals surface area contributed by atoms with Gasteiger partial charge in [-0.3, -0.25) is 0 Å². The van der Waals surface area contributed by atoms with Crippen LogP contribution >= 0.6 is 0 Å². The van der Waals surface area contributed by atoms with Gasteiger partial charge < -0.3 is 170 Å². The Morgan fingerprint density at radius 3 is 1.31 bits per heavy atom. The third-order valence-electron chi connectivity index (χ3n) is 15.5. The Kier molecular flexibility index (Phi) is 30.5. The third kappa shape index (κ3) is 16.7. The molecular weight excluding hydrogens is 1560 g/mol. The quantitative estimate of drug-likeness (QED) is 0.0448. The Morgan fingerprint density at radius 1 is 0.349 bits per heavy atom. The van der Waals surface area contributed by atoms with Gasteiger partial charge in [0, 0.05) is 94.7 Å². The maximum Gasteiger partial charge on any atom is 0.187 e. The average molecular weight is 1640 g/mol. The second-order valence-corrected chi connectivity index (χ2v) is 20.9. The zero-order valence-electron chi connectivity index (χ0n) is 45.1. The number of hydrogen-bond donors (Lipinski definition) is 18. The topological polar surface area (TPSA) is 541 Å². The molecule has 0 aliphatic carbocycles. The largest absolute Gasteiger partial charge is 0.668 e. The molecule has 34 nitrogen and oxygen atoms in total. The SMILES string of the molecule is C=CCO[C@@H]1OC(CO)[C@H](O)C(O[C@@H]2OC(CO)[C@H](O[C@@H]3OC(CO)[C@H](O)C(O[C@@H]4OC(CO)[C@@H](O[C@@H]5OC(CO)[C@H](O)C(O)C5O[C@@H]5OC(C)[C@@H](O)C(O)C5O)C(OCC[C@@H]5OC(C)[C@@H](O)C(O)C5O)C4[NH-])C3O)C(O)C2[NH-])C1O.[Ac].[Ac]. The first-order valence-electron chi connectivity index (χ1n) is 26.5. The van der Waals surface area contributed by atoms with E-state index in [1.54, 1.807) is 0 Å². The standard InChI is InChI=1S/C47H80N2O32.2Ac/c1-4-6-69-44-34(66)39(27(59)17(9-51)72-44)79-42-21(48)29(61)36(19(11-53)75-42)77-46-35(67)40(28(60)18(10-52)73-46)80-43-22(49)38(68-7-5-15-25(57)30(62)23(55)13(2)70-15)37(20(12-54)76-43)78-47-41(32(64)26(58)16(8-50)74-47)81-45-33(65)31(63)24(56)14(3)71-45;;/h4,13-67H,1,5-12H2,2-3H3;;/q-2;;/t13?,14?,15-,16?,17?,18?,19?,20?,21?,22?,23+,24+,25?,26-,27-,28-,29?,30?,31?,32?,33?,34?,35?,36-,37+,38?,39?,40?,41?,42-,43-,44+,45-,46-,47-;;/m0../s1. The number of aliphatic hydroxyl groups excluding tert-OH is 18. The van der Waals surface area contributed by atoms with Crippen molar-refractivity contribution in [3.8, 4) is 0 Å². The fourth-order valence-electron chi connectivity index (χ4n) is 10.6. The molecule has 0 bridgehead atoms. The molecule has 7 rings (SSSR count). The molecule has 83 heavy (non-hydrogen) atoms. The summed E-state index contributed by atoms with van der Waals surface area (Å²) in [5, 5.41) is 194. The van der Waals surface area contributed by atoms with Gasteiger partial charge in [0.1, 0.15) is 147 Å². The summed E-state index contributed by atoms with van der Waals surface area (Å²) in [6, 6.07) is -3.81. The molecule has 21 unspecified atom stereocenters. The molecular formula is C47H80Ac2N2O32-2. The van der Waals surface area contributed by atoms with E-state index in [-0.39, 0.29) is 101 Å². The molecule has 0 amide bonds. The van der Waals surface area contributed by atoms with E-state index >= 15 is 0 Å². The molecule has 0 saturated carbocycles. The molecule has 0 spiro atoms. The first-order chi connectivity index (χ1) is 38.5. The molecule has 36 heteroatoms. The van der Waals surface area contributed by atoms with Crippen molar-refractivity contribution in [2.24, 2.45) is 0 Å². The third-order valence-corrected chi connectivity index (χ3v) is 15.5. The maximum atomic E-state index is 11.9. The minimum absolute atomic E-state index is 0. The van der Waals surface area contributed by atoms with Gasteiger partial charge in [0.25, 0.3) is 0 Å². The van der Waals surface area contributed by atoms with Gasteiger partial charge in [0.15, 0.2) is 25.2 Å². The van der Waals surface area contributed by atoms with Crippen molar-refractivity contribution < 1.29 is 246 Å². The van der Waals surface area contributed by atoms with Crippen LogP contribution in [-0.4, -0.2) is 353 Å². The van der Waals surface area contributed by atoms with Crippen LogP contribution in [0.2, 0.25) is 0 Å². The molecule has 478 valence electrons. The number of hydrogen-bond acceptors (Lipinski definition) is 32. The molecule has 7 fully saturated rings.